The van der Waals surface area contributed by atoms with Crippen molar-refractivity contribution >= 4 is 11.6 Å². The molecule has 1 aliphatic rings. The number of halogens is 1. The first-order valence-corrected chi connectivity index (χ1v) is 5.95. The maximum absolute atomic E-state index is 13.9. The van der Waals surface area contributed by atoms with E-state index < -0.39 is 5.82 Å². The van der Waals surface area contributed by atoms with Crippen molar-refractivity contribution in [2.45, 2.75) is 20.0 Å². The smallest absolute Gasteiger partial charge is 0.257 e. The van der Waals surface area contributed by atoms with Gasteiger partial charge in [0.2, 0.25) is 0 Å². The SMILES string of the molecule is Cc1cc(N)cc(C(=O)N2CCOC(C)C2)c1F. The molecule has 18 heavy (non-hydrogen) atoms. The first-order chi connectivity index (χ1) is 8.49. The molecule has 1 unspecified atom stereocenters. The van der Waals surface area contributed by atoms with Crippen molar-refractivity contribution < 1.29 is 13.9 Å². The van der Waals surface area contributed by atoms with Crippen LogP contribution in [0.5, 0.6) is 0 Å². The van der Waals surface area contributed by atoms with Crippen LogP contribution in [0.2, 0.25) is 0 Å². The van der Waals surface area contributed by atoms with Gasteiger partial charge in [0, 0.05) is 18.8 Å². The van der Waals surface area contributed by atoms with Gasteiger partial charge in [-0.3, -0.25) is 4.79 Å². The number of benzene rings is 1. The number of carbonyl (C=O) groups excluding carboxylic acids is 1. The van der Waals surface area contributed by atoms with E-state index >= 15 is 0 Å². The molecule has 5 heteroatoms. The van der Waals surface area contributed by atoms with Crippen LogP contribution in [0, 0.1) is 12.7 Å². The van der Waals surface area contributed by atoms with Crippen molar-refractivity contribution in [2.75, 3.05) is 25.4 Å². The van der Waals surface area contributed by atoms with Gasteiger partial charge in [0.15, 0.2) is 0 Å². The highest BCUT2D eigenvalue weighted by molar-refractivity contribution is 5.95. The normalized spacial score (nSPS) is 19.9. The van der Waals surface area contributed by atoms with Crippen LogP contribution in [-0.2, 0) is 4.74 Å². The van der Waals surface area contributed by atoms with Crippen LogP contribution in [0.1, 0.15) is 22.8 Å². The fourth-order valence-electron chi connectivity index (χ4n) is 2.13. The third-order valence-corrected chi connectivity index (χ3v) is 3.04. The van der Waals surface area contributed by atoms with Crippen LogP contribution in [0.15, 0.2) is 12.1 Å². The number of nitrogen functional groups attached to an aromatic ring is 1. The molecule has 1 atom stereocenters. The van der Waals surface area contributed by atoms with E-state index in [0.29, 0.717) is 30.9 Å². The Morgan fingerprint density at radius 2 is 2.28 bits per heavy atom. The largest absolute Gasteiger partial charge is 0.399 e. The number of carbonyl (C=O) groups is 1. The molecule has 98 valence electrons. The van der Waals surface area contributed by atoms with Gasteiger partial charge in [-0.1, -0.05) is 0 Å². The van der Waals surface area contributed by atoms with Crippen molar-refractivity contribution in [3.8, 4) is 0 Å². The lowest BCUT2D eigenvalue weighted by Crippen LogP contribution is -2.44. The molecule has 2 N–H and O–H groups in total. The first kappa shape index (κ1) is 12.8. The molecule has 1 aromatic rings. The lowest BCUT2D eigenvalue weighted by atomic mass is 10.1. The Labute approximate surface area is 106 Å². The number of aryl methyl sites for hydroxylation is 1. The average Bonchev–Trinajstić information content (AvgIpc) is 2.33. The Morgan fingerprint density at radius 3 is 2.94 bits per heavy atom. The Bertz CT molecular complexity index is 476. The predicted octanol–water partition coefficient (Wildman–Crippen LogP) is 1.58. The highest BCUT2D eigenvalue weighted by atomic mass is 19.1. The minimum absolute atomic E-state index is 0.0204. The Kier molecular flexibility index (Phi) is 3.52. The molecule has 4 nitrogen and oxygen atoms in total. The molecule has 0 spiro atoms. The van der Waals surface area contributed by atoms with E-state index in [2.05, 4.69) is 0 Å². The molecule has 0 bridgehead atoms. The minimum Gasteiger partial charge on any atom is -0.399 e. The summed E-state index contributed by atoms with van der Waals surface area (Å²) in [7, 11) is 0. The summed E-state index contributed by atoms with van der Waals surface area (Å²) in [5, 5.41) is 0. The lowest BCUT2D eigenvalue weighted by molar-refractivity contribution is -0.0125. The second kappa shape index (κ2) is 4.94. The van der Waals surface area contributed by atoms with Crippen molar-refractivity contribution in [1.29, 1.82) is 0 Å². The fraction of sp³-hybridized carbons (Fsp3) is 0.462. The van der Waals surface area contributed by atoms with E-state index in [1.54, 1.807) is 11.8 Å². The number of amides is 1. The molecule has 1 saturated heterocycles. The summed E-state index contributed by atoms with van der Waals surface area (Å²) < 4.78 is 19.3. The maximum Gasteiger partial charge on any atom is 0.257 e. The lowest BCUT2D eigenvalue weighted by Gasteiger charge is -2.31. The summed E-state index contributed by atoms with van der Waals surface area (Å²) in [6.45, 7) is 4.93. The van der Waals surface area contributed by atoms with Crippen LogP contribution < -0.4 is 5.73 Å². The molecule has 0 radical (unpaired) electrons. The zero-order valence-electron chi connectivity index (χ0n) is 10.6. The molecule has 1 heterocycles. The van der Waals surface area contributed by atoms with Crippen LogP contribution in [0.3, 0.4) is 0 Å². The molecule has 0 aromatic heterocycles. The van der Waals surface area contributed by atoms with Gasteiger partial charge in [-0.05, 0) is 31.5 Å². The predicted molar refractivity (Wildman–Crippen MR) is 66.9 cm³/mol. The van der Waals surface area contributed by atoms with E-state index in [-0.39, 0.29) is 17.6 Å². The minimum atomic E-state index is -0.492. The molecule has 1 amide bonds. The molecule has 2 rings (SSSR count). The summed E-state index contributed by atoms with van der Waals surface area (Å²) in [6, 6.07) is 2.92. The Balaban J connectivity index is 2.28. The third-order valence-electron chi connectivity index (χ3n) is 3.04. The van der Waals surface area contributed by atoms with Gasteiger partial charge in [-0.15, -0.1) is 0 Å². The standard InChI is InChI=1S/C13H17FN2O2/c1-8-5-10(15)6-11(12(8)14)13(17)16-3-4-18-9(2)7-16/h5-6,9H,3-4,7,15H2,1-2H3. The molecule has 1 aliphatic heterocycles. The van der Waals surface area contributed by atoms with Crippen molar-refractivity contribution in [3.63, 3.8) is 0 Å². The van der Waals surface area contributed by atoms with E-state index in [4.69, 9.17) is 10.5 Å². The van der Waals surface area contributed by atoms with Gasteiger partial charge in [-0.2, -0.15) is 0 Å². The fourth-order valence-corrected chi connectivity index (χ4v) is 2.13. The zero-order chi connectivity index (χ0) is 13.3. The third kappa shape index (κ3) is 2.46. The molecule has 1 aromatic carbocycles. The van der Waals surface area contributed by atoms with E-state index in [9.17, 15) is 9.18 Å². The number of nitrogens with zero attached hydrogens (tertiary/aromatic N) is 1. The summed E-state index contributed by atoms with van der Waals surface area (Å²) in [4.78, 5) is 13.8. The highest BCUT2D eigenvalue weighted by Crippen LogP contribution is 2.20. The van der Waals surface area contributed by atoms with Crippen molar-refractivity contribution in [2.24, 2.45) is 0 Å². The second-order valence-electron chi connectivity index (χ2n) is 4.63. The van der Waals surface area contributed by atoms with Gasteiger partial charge in [-0.25, -0.2) is 4.39 Å². The van der Waals surface area contributed by atoms with Crippen LogP contribution in [-0.4, -0.2) is 36.6 Å². The molecule has 1 fully saturated rings. The number of anilines is 1. The maximum atomic E-state index is 13.9. The molecular weight excluding hydrogens is 235 g/mol. The average molecular weight is 252 g/mol. The number of nitrogens with two attached hydrogens (primary N) is 1. The van der Waals surface area contributed by atoms with Gasteiger partial charge in [0.25, 0.3) is 5.91 Å². The van der Waals surface area contributed by atoms with Gasteiger partial charge < -0.3 is 15.4 Å². The van der Waals surface area contributed by atoms with Crippen LogP contribution in [0.25, 0.3) is 0 Å². The second-order valence-corrected chi connectivity index (χ2v) is 4.63. The molecule has 0 saturated carbocycles. The van der Waals surface area contributed by atoms with E-state index in [1.807, 2.05) is 6.92 Å². The molecule has 0 aliphatic carbocycles. The topological polar surface area (TPSA) is 55.6 Å². The van der Waals surface area contributed by atoms with Gasteiger partial charge in [0.1, 0.15) is 5.82 Å². The van der Waals surface area contributed by atoms with Crippen molar-refractivity contribution in [1.82, 2.24) is 4.90 Å². The highest BCUT2D eigenvalue weighted by Gasteiger charge is 2.25. The first-order valence-electron chi connectivity index (χ1n) is 5.95. The molecular formula is C13H17FN2O2. The van der Waals surface area contributed by atoms with E-state index in [1.165, 1.54) is 12.1 Å². The van der Waals surface area contributed by atoms with Crippen LogP contribution >= 0.6 is 0 Å². The Morgan fingerprint density at radius 1 is 1.56 bits per heavy atom. The van der Waals surface area contributed by atoms with Gasteiger partial charge in [0.05, 0.1) is 18.3 Å². The van der Waals surface area contributed by atoms with E-state index in [0.717, 1.165) is 0 Å². The number of hydrogen-bond acceptors (Lipinski definition) is 3. The summed E-state index contributed by atoms with van der Waals surface area (Å²) in [5.41, 5.74) is 6.49. The van der Waals surface area contributed by atoms with Crippen molar-refractivity contribution in [3.05, 3.63) is 29.1 Å². The number of hydrogen-bond donors (Lipinski definition) is 1. The summed E-state index contributed by atoms with van der Waals surface area (Å²) >= 11 is 0. The quantitative estimate of drug-likeness (QED) is 0.772. The van der Waals surface area contributed by atoms with Gasteiger partial charge >= 0.3 is 0 Å². The summed E-state index contributed by atoms with van der Waals surface area (Å²) in [6.07, 6.45) is -0.0204. The number of ether oxygens (including phenoxy) is 1. The number of rotatable bonds is 1. The van der Waals surface area contributed by atoms with Crippen LogP contribution in [0.4, 0.5) is 10.1 Å². The summed E-state index contributed by atoms with van der Waals surface area (Å²) in [5.74, 6) is -0.814. The zero-order valence-corrected chi connectivity index (χ0v) is 10.6. The Hall–Kier alpha value is -1.62. The monoisotopic (exact) mass is 252 g/mol. The number of morpholine rings is 1.